The summed E-state index contributed by atoms with van der Waals surface area (Å²) in [4.78, 5) is 27.7. The molecule has 0 saturated heterocycles. The fourth-order valence-corrected chi connectivity index (χ4v) is 2.57. The molecule has 0 aromatic carbocycles. The van der Waals surface area contributed by atoms with Crippen LogP contribution in [0.2, 0.25) is 0 Å². The number of amides is 2. The zero-order chi connectivity index (χ0) is 15.6. The first-order valence-corrected chi connectivity index (χ1v) is 7.31. The largest absolute Gasteiger partial charge is 0.369 e. The minimum absolute atomic E-state index is 0.124. The Balaban J connectivity index is 2.06. The van der Waals surface area contributed by atoms with Crippen molar-refractivity contribution < 1.29 is 9.59 Å². The summed E-state index contributed by atoms with van der Waals surface area (Å²) in [5, 5.41) is 7.05. The molecule has 2 amide bonds. The van der Waals surface area contributed by atoms with Gasteiger partial charge in [0.1, 0.15) is 6.33 Å². The van der Waals surface area contributed by atoms with Crippen molar-refractivity contribution in [1.29, 1.82) is 0 Å². The van der Waals surface area contributed by atoms with Gasteiger partial charge >= 0.3 is 0 Å². The van der Waals surface area contributed by atoms with Gasteiger partial charge in [0.05, 0.1) is 11.5 Å². The second kappa shape index (κ2) is 5.83. The summed E-state index contributed by atoms with van der Waals surface area (Å²) in [6.07, 6.45) is 4.99. The van der Waals surface area contributed by atoms with Crippen LogP contribution in [0.1, 0.15) is 57.1 Å². The van der Waals surface area contributed by atoms with Crippen molar-refractivity contribution in [2.24, 2.45) is 11.7 Å². The third-order valence-electron chi connectivity index (χ3n) is 3.83. The number of nitrogens with one attached hydrogen (secondary N) is 1. The number of primary amides is 1. The number of carbonyl (C=O) groups is 2. The van der Waals surface area contributed by atoms with E-state index in [1.54, 1.807) is 11.0 Å². The zero-order valence-corrected chi connectivity index (χ0v) is 12.8. The molecule has 1 heterocycles. The van der Waals surface area contributed by atoms with E-state index in [2.05, 4.69) is 15.4 Å². The van der Waals surface area contributed by atoms with Gasteiger partial charge in [0.15, 0.2) is 0 Å². The van der Waals surface area contributed by atoms with E-state index >= 15 is 0 Å². The number of nitrogens with two attached hydrogens (primary N) is 1. The maximum absolute atomic E-state index is 12.2. The van der Waals surface area contributed by atoms with Gasteiger partial charge in [0.2, 0.25) is 11.7 Å². The van der Waals surface area contributed by atoms with Gasteiger partial charge in [-0.15, -0.1) is 5.10 Å². The number of hydrogen-bond acceptors (Lipinski definition) is 4. The Morgan fingerprint density at radius 3 is 2.57 bits per heavy atom. The van der Waals surface area contributed by atoms with Crippen LogP contribution >= 0.6 is 0 Å². The Morgan fingerprint density at radius 2 is 2.00 bits per heavy atom. The third kappa shape index (κ3) is 3.59. The fraction of sp³-hybridized carbons (Fsp3) is 0.714. The van der Waals surface area contributed by atoms with E-state index < -0.39 is 0 Å². The van der Waals surface area contributed by atoms with Crippen molar-refractivity contribution in [2.45, 2.75) is 58.0 Å². The number of carbonyl (C=O) groups excluding carboxylic acids is 2. The standard InChI is InChI=1S/C14H23N5O2/c1-14(2,3)19-8-16-12(18-19)13(21)17-10-7-5-4-6-9(10)11(15)20/h8-10H,4-7H2,1-3H3,(H2,15,20)(H,17,21). The van der Waals surface area contributed by atoms with Crippen LogP contribution < -0.4 is 11.1 Å². The van der Waals surface area contributed by atoms with Crippen LogP contribution in [0, 0.1) is 5.92 Å². The van der Waals surface area contributed by atoms with Gasteiger partial charge in [-0.1, -0.05) is 12.8 Å². The fourth-order valence-electron chi connectivity index (χ4n) is 2.57. The van der Waals surface area contributed by atoms with Gasteiger partial charge < -0.3 is 11.1 Å². The highest BCUT2D eigenvalue weighted by molar-refractivity contribution is 5.91. The van der Waals surface area contributed by atoms with Crippen molar-refractivity contribution >= 4 is 11.8 Å². The summed E-state index contributed by atoms with van der Waals surface area (Å²) in [6.45, 7) is 5.94. The summed E-state index contributed by atoms with van der Waals surface area (Å²) in [6, 6.07) is -0.217. The minimum Gasteiger partial charge on any atom is -0.369 e. The highest BCUT2D eigenvalue weighted by atomic mass is 16.2. The van der Waals surface area contributed by atoms with Crippen molar-refractivity contribution in [3.8, 4) is 0 Å². The smallest absolute Gasteiger partial charge is 0.291 e. The van der Waals surface area contributed by atoms with E-state index in [-0.39, 0.29) is 35.1 Å². The Labute approximate surface area is 124 Å². The van der Waals surface area contributed by atoms with E-state index in [0.29, 0.717) is 0 Å². The molecule has 2 rings (SSSR count). The summed E-state index contributed by atoms with van der Waals surface area (Å²) < 4.78 is 1.65. The third-order valence-corrected chi connectivity index (χ3v) is 3.83. The lowest BCUT2D eigenvalue weighted by Gasteiger charge is -2.29. The molecule has 1 saturated carbocycles. The van der Waals surface area contributed by atoms with Gasteiger partial charge in [-0.05, 0) is 33.6 Å². The lowest BCUT2D eigenvalue weighted by Crippen LogP contribution is -2.47. The van der Waals surface area contributed by atoms with Crippen molar-refractivity contribution in [3.63, 3.8) is 0 Å². The van der Waals surface area contributed by atoms with Crippen molar-refractivity contribution in [2.75, 3.05) is 0 Å². The second-order valence-corrected chi connectivity index (χ2v) is 6.56. The maximum atomic E-state index is 12.2. The van der Waals surface area contributed by atoms with Gasteiger partial charge in [-0.3, -0.25) is 9.59 Å². The molecule has 1 aliphatic carbocycles. The minimum atomic E-state index is -0.354. The monoisotopic (exact) mass is 293 g/mol. The highest BCUT2D eigenvalue weighted by Gasteiger charge is 2.31. The maximum Gasteiger partial charge on any atom is 0.291 e. The molecule has 7 nitrogen and oxygen atoms in total. The Morgan fingerprint density at radius 1 is 1.33 bits per heavy atom. The van der Waals surface area contributed by atoms with E-state index in [1.807, 2.05) is 20.8 Å². The molecule has 1 aliphatic rings. The van der Waals surface area contributed by atoms with Crippen LogP contribution in [-0.2, 0) is 10.3 Å². The van der Waals surface area contributed by atoms with E-state index in [9.17, 15) is 9.59 Å². The quantitative estimate of drug-likeness (QED) is 0.860. The predicted octanol–water partition coefficient (Wildman–Crippen LogP) is 0.807. The molecule has 0 spiro atoms. The van der Waals surface area contributed by atoms with Gasteiger partial charge in [0, 0.05) is 6.04 Å². The van der Waals surface area contributed by atoms with Gasteiger partial charge in [-0.2, -0.15) is 0 Å². The van der Waals surface area contributed by atoms with Crippen molar-refractivity contribution in [1.82, 2.24) is 20.1 Å². The Hall–Kier alpha value is -1.92. The second-order valence-electron chi connectivity index (χ2n) is 6.56. The molecule has 1 fully saturated rings. The molecule has 1 aromatic rings. The number of aromatic nitrogens is 3. The van der Waals surface area contributed by atoms with Crippen LogP contribution in [0.5, 0.6) is 0 Å². The summed E-state index contributed by atoms with van der Waals surface area (Å²) in [5.74, 6) is -0.879. The lowest BCUT2D eigenvalue weighted by atomic mass is 9.84. The molecule has 2 atom stereocenters. The van der Waals surface area contributed by atoms with Crippen LogP contribution in [0.25, 0.3) is 0 Å². The summed E-state index contributed by atoms with van der Waals surface area (Å²) in [5.41, 5.74) is 5.18. The molecule has 116 valence electrons. The molecule has 7 heteroatoms. The average molecular weight is 293 g/mol. The van der Waals surface area contributed by atoms with Gasteiger partial charge in [-0.25, -0.2) is 9.67 Å². The molecule has 0 aliphatic heterocycles. The van der Waals surface area contributed by atoms with Crippen LogP contribution in [0.15, 0.2) is 6.33 Å². The summed E-state index contributed by atoms with van der Waals surface area (Å²) in [7, 11) is 0. The van der Waals surface area contributed by atoms with E-state index in [4.69, 9.17) is 5.73 Å². The first-order valence-electron chi connectivity index (χ1n) is 7.31. The molecule has 3 N–H and O–H groups in total. The Bertz CT molecular complexity index is 532. The number of rotatable bonds is 3. The van der Waals surface area contributed by atoms with E-state index in [0.717, 1.165) is 25.7 Å². The first-order chi connectivity index (χ1) is 9.79. The number of hydrogen-bond donors (Lipinski definition) is 2. The molecule has 21 heavy (non-hydrogen) atoms. The van der Waals surface area contributed by atoms with E-state index in [1.165, 1.54) is 0 Å². The molecule has 1 aromatic heterocycles. The first kappa shape index (κ1) is 15.5. The summed E-state index contributed by atoms with van der Waals surface area (Å²) >= 11 is 0. The molecule has 2 unspecified atom stereocenters. The molecule has 0 bridgehead atoms. The topological polar surface area (TPSA) is 103 Å². The predicted molar refractivity (Wildman–Crippen MR) is 77.4 cm³/mol. The van der Waals surface area contributed by atoms with Gasteiger partial charge in [0.25, 0.3) is 5.91 Å². The normalized spacial score (nSPS) is 22.8. The van der Waals surface area contributed by atoms with Crippen LogP contribution in [-0.4, -0.2) is 32.6 Å². The zero-order valence-electron chi connectivity index (χ0n) is 12.8. The highest BCUT2D eigenvalue weighted by Crippen LogP contribution is 2.24. The van der Waals surface area contributed by atoms with Crippen LogP contribution in [0.3, 0.4) is 0 Å². The SMILES string of the molecule is CC(C)(C)n1cnc(C(=O)NC2CCCCC2C(N)=O)n1. The average Bonchev–Trinajstić information content (AvgIpc) is 2.88. The van der Waals surface area contributed by atoms with Crippen molar-refractivity contribution in [3.05, 3.63) is 12.2 Å². The lowest BCUT2D eigenvalue weighted by molar-refractivity contribution is -0.123. The number of nitrogens with zero attached hydrogens (tertiary/aromatic N) is 3. The molecular weight excluding hydrogens is 270 g/mol. The molecule has 0 radical (unpaired) electrons. The van der Waals surface area contributed by atoms with Crippen LogP contribution in [0.4, 0.5) is 0 Å². The molecular formula is C14H23N5O2. The Kier molecular flexibility index (Phi) is 4.29.